The Hall–Kier alpha value is -1.97. The van der Waals surface area contributed by atoms with E-state index in [1.165, 1.54) is 37.8 Å². The summed E-state index contributed by atoms with van der Waals surface area (Å²) in [4.78, 5) is 25.4. The maximum Gasteiger partial charge on any atom is 0.333 e. The van der Waals surface area contributed by atoms with Gasteiger partial charge in [0.05, 0.1) is 29.0 Å². The lowest BCUT2D eigenvalue weighted by Crippen LogP contribution is -2.26. The summed E-state index contributed by atoms with van der Waals surface area (Å²) in [7, 11) is 1.33. The Balaban J connectivity index is 1.44. The number of nitrogens with zero attached hydrogens (tertiary/aromatic N) is 4. The Morgan fingerprint density at radius 1 is 1.31 bits per heavy atom. The zero-order chi connectivity index (χ0) is 22.5. The predicted octanol–water partition coefficient (Wildman–Crippen LogP) is 4.79. The monoisotopic (exact) mass is 492 g/mol. The molecule has 2 fully saturated rings. The molecule has 1 saturated carbocycles. The minimum absolute atomic E-state index is 0.0188. The summed E-state index contributed by atoms with van der Waals surface area (Å²) in [5.41, 5.74) is 0.901. The number of carbonyl (C=O) groups is 2. The van der Waals surface area contributed by atoms with E-state index in [4.69, 9.17) is 16.3 Å². The number of thioether (sulfide) groups is 2. The van der Waals surface area contributed by atoms with Crippen LogP contribution in [0.3, 0.4) is 0 Å². The van der Waals surface area contributed by atoms with E-state index in [0.29, 0.717) is 28.4 Å². The topological polar surface area (TPSA) is 77.3 Å². The lowest BCUT2D eigenvalue weighted by atomic mass is 10.2. The van der Waals surface area contributed by atoms with Crippen LogP contribution in [0.4, 0.5) is 0 Å². The third kappa shape index (κ3) is 5.15. The number of amides is 1. The first-order valence-electron chi connectivity index (χ1n) is 10.6. The van der Waals surface area contributed by atoms with Gasteiger partial charge >= 0.3 is 5.97 Å². The summed E-state index contributed by atoms with van der Waals surface area (Å²) in [6.45, 7) is 0.552. The zero-order valence-electron chi connectivity index (χ0n) is 17.8. The second-order valence-electron chi connectivity index (χ2n) is 7.64. The molecule has 1 aromatic heterocycles. The molecule has 0 N–H and O–H groups in total. The minimum atomic E-state index is -0.446. The summed E-state index contributed by atoms with van der Waals surface area (Å²) < 4.78 is 6.94. The van der Waals surface area contributed by atoms with Crippen LogP contribution in [0.15, 0.2) is 40.5 Å². The van der Waals surface area contributed by atoms with E-state index in [-0.39, 0.29) is 5.91 Å². The van der Waals surface area contributed by atoms with Crippen molar-refractivity contribution in [2.45, 2.75) is 43.3 Å². The van der Waals surface area contributed by atoms with Gasteiger partial charge in [0.2, 0.25) is 5.91 Å². The van der Waals surface area contributed by atoms with Crippen molar-refractivity contribution >= 4 is 47.0 Å². The van der Waals surface area contributed by atoms with Crippen LogP contribution in [0.2, 0.25) is 5.02 Å². The molecule has 0 radical (unpaired) electrons. The highest BCUT2D eigenvalue weighted by Gasteiger charge is 2.28. The van der Waals surface area contributed by atoms with Crippen molar-refractivity contribution in [3.63, 3.8) is 0 Å². The van der Waals surface area contributed by atoms with Crippen LogP contribution in [0, 0.1) is 0 Å². The highest BCUT2D eigenvalue weighted by molar-refractivity contribution is 8.04. The second kappa shape index (κ2) is 10.8. The first-order chi connectivity index (χ1) is 15.6. The van der Waals surface area contributed by atoms with Crippen molar-refractivity contribution in [3.05, 3.63) is 40.4 Å². The fourth-order valence-corrected chi connectivity index (χ4v) is 6.11. The van der Waals surface area contributed by atoms with E-state index < -0.39 is 5.97 Å². The standard InChI is InChI=1S/C22H25ClN4O3S2/c1-30-20(29)13-19-26(18(28)14-32-19)11-6-12-31-22-25-24-21(16-9-4-5-10-17(16)23)27(22)15-7-2-3-8-15/h4-5,9-10,13,15H,2-3,6-8,11-12,14H2,1H3/b19-13+. The van der Waals surface area contributed by atoms with E-state index in [9.17, 15) is 9.59 Å². The van der Waals surface area contributed by atoms with Gasteiger partial charge in [-0.3, -0.25) is 9.36 Å². The third-order valence-corrected chi connectivity index (χ3v) is 7.96. The summed E-state index contributed by atoms with van der Waals surface area (Å²) >= 11 is 9.47. The van der Waals surface area contributed by atoms with Crippen LogP contribution in [0.25, 0.3) is 11.4 Å². The van der Waals surface area contributed by atoms with Gasteiger partial charge in [0, 0.05) is 23.9 Å². The molecule has 0 bridgehead atoms. The van der Waals surface area contributed by atoms with Crippen LogP contribution < -0.4 is 0 Å². The number of carbonyl (C=O) groups excluding carboxylic acids is 2. The molecule has 1 aromatic carbocycles. The molecule has 1 aliphatic carbocycles. The number of halogens is 1. The molecule has 1 amide bonds. The second-order valence-corrected chi connectivity index (χ2v) is 10.1. The van der Waals surface area contributed by atoms with Gasteiger partial charge in [-0.15, -0.1) is 10.2 Å². The van der Waals surface area contributed by atoms with Crippen LogP contribution in [-0.4, -0.2) is 56.7 Å². The molecular weight excluding hydrogens is 468 g/mol. The van der Waals surface area contributed by atoms with Crippen molar-refractivity contribution in [1.29, 1.82) is 0 Å². The Morgan fingerprint density at radius 3 is 2.84 bits per heavy atom. The molecule has 0 atom stereocenters. The quantitative estimate of drug-likeness (QED) is 0.227. The highest BCUT2D eigenvalue weighted by atomic mass is 35.5. The molecule has 32 heavy (non-hydrogen) atoms. The van der Waals surface area contributed by atoms with Gasteiger partial charge in [0.25, 0.3) is 0 Å². The Kier molecular flexibility index (Phi) is 7.80. The zero-order valence-corrected chi connectivity index (χ0v) is 20.2. The van der Waals surface area contributed by atoms with Gasteiger partial charge in [0.15, 0.2) is 11.0 Å². The van der Waals surface area contributed by atoms with E-state index in [2.05, 4.69) is 14.8 Å². The molecule has 7 nitrogen and oxygen atoms in total. The molecule has 2 aromatic rings. The van der Waals surface area contributed by atoms with E-state index >= 15 is 0 Å². The van der Waals surface area contributed by atoms with Crippen molar-refractivity contribution in [1.82, 2.24) is 19.7 Å². The summed E-state index contributed by atoms with van der Waals surface area (Å²) in [5, 5.41) is 11.2. The van der Waals surface area contributed by atoms with Gasteiger partial charge in [0.1, 0.15) is 0 Å². The lowest BCUT2D eigenvalue weighted by Gasteiger charge is -2.18. The average Bonchev–Trinajstić information content (AvgIpc) is 3.53. The van der Waals surface area contributed by atoms with E-state index in [1.54, 1.807) is 16.7 Å². The Morgan fingerprint density at radius 2 is 2.09 bits per heavy atom. The fourth-order valence-electron chi connectivity index (χ4n) is 4.01. The largest absolute Gasteiger partial charge is 0.466 e. The van der Waals surface area contributed by atoms with Crippen molar-refractivity contribution in [3.8, 4) is 11.4 Å². The summed E-state index contributed by atoms with van der Waals surface area (Å²) in [6.07, 6.45) is 6.80. The number of hydrogen-bond donors (Lipinski definition) is 0. The average molecular weight is 493 g/mol. The number of aromatic nitrogens is 3. The molecule has 2 aliphatic rings. The summed E-state index contributed by atoms with van der Waals surface area (Å²) in [5.74, 6) is 1.53. The smallest absolute Gasteiger partial charge is 0.333 e. The van der Waals surface area contributed by atoms with E-state index in [0.717, 1.165) is 41.6 Å². The Bertz CT molecular complexity index is 1020. The molecule has 0 unspecified atom stereocenters. The lowest BCUT2D eigenvalue weighted by molar-refractivity contribution is -0.134. The van der Waals surface area contributed by atoms with Gasteiger partial charge < -0.3 is 9.64 Å². The molecule has 1 aliphatic heterocycles. The van der Waals surface area contributed by atoms with Gasteiger partial charge in [-0.2, -0.15) is 0 Å². The van der Waals surface area contributed by atoms with Crippen LogP contribution in [0.5, 0.6) is 0 Å². The van der Waals surface area contributed by atoms with Gasteiger partial charge in [-0.25, -0.2) is 4.79 Å². The maximum absolute atomic E-state index is 12.2. The number of hydrogen-bond acceptors (Lipinski definition) is 7. The third-order valence-electron chi connectivity index (χ3n) is 5.58. The number of esters is 1. The number of rotatable bonds is 8. The predicted molar refractivity (Wildman–Crippen MR) is 128 cm³/mol. The number of benzene rings is 1. The number of methoxy groups -OCH3 is 1. The minimum Gasteiger partial charge on any atom is -0.466 e. The molecule has 4 rings (SSSR count). The first-order valence-corrected chi connectivity index (χ1v) is 13.0. The summed E-state index contributed by atoms with van der Waals surface area (Å²) in [6, 6.07) is 8.12. The number of ether oxygens (including phenoxy) is 1. The normalized spacial score (nSPS) is 18.1. The molecule has 0 spiro atoms. The molecule has 170 valence electrons. The molecule has 2 heterocycles. The fraction of sp³-hybridized carbons (Fsp3) is 0.455. The first kappa shape index (κ1) is 23.2. The molecule has 10 heteroatoms. The van der Waals surface area contributed by atoms with Crippen molar-refractivity contribution in [2.24, 2.45) is 0 Å². The van der Waals surface area contributed by atoms with Crippen LogP contribution in [0.1, 0.15) is 38.1 Å². The van der Waals surface area contributed by atoms with Gasteiger partial charge in [-0.1, -0.05) is 60.1 Å². The Labute approximate surface area is 200 Å². The maximum atomic E-state index is 12.2. The van der Waals surface area contributed by atoms with Crippen molar-refractivity contribution < 1.29 is 14.3 Å². The molecule has 1 saturated heterocycles. The SMILES string of the molecule is COC(=O)/C=C1/SCC(=O)N1CCCSc1nnc(-c2ccccc2Cl)n1C1CCCC1. The van der Waals surface area contributed by atoms with Crippen LogP contribution >= 0.6 is 35.1 Å². The van der Waals surface area contributed by atoms with E-state index in [1.807, 2.05) is 24.3 Å². The highest BCUT2D eigenvalue weighted by Crippen LogP contribution is 2.38. The van der Waals surface area contributed by atoms with Gasteiger partial charge in [-0.05, 0) is 31.4 Å². The molecular formula is C22H25ClN4O3S2. The van der Waals surface area contributed by atoms with Crippen LogP contribution in [-0.2, 0) is 14.3 Å². The van der Waals surface area contributed by atoms with Crippen molar-refractivity contribution in [2.75, 3.05) is 25.2 Å².